The molecule has 0 aliphatic carbocycles. The lowest BCUT2D eigenvalue weighted by atomic mass is 10.0. The molecule has 0 fully saturated rings. The average Bonchev–Trinajstić information content (AvgIpc) is 3.00. The van der Waals surface area contributed by atoms with Gasteiger partial charge in [-0.15, -0.1) is 0 Å². The summed E-state index contributed by atoms with van der Waals surface area (Å²) in [6, 6.07) is 3.51. The first-order valence-corrected chi connectivity index (χ1v) is 7.72. The third kappa shape index (κ3) is 3.10. The van der Waals surface area contributed by atoms with Gasteiger partial charge in [0, 0.05) is 27.8 Å². The SMILES string of the molecule is COC(=O)Nc1ccc(F)c(C(=O)c2c[nH]c3ncc(Br)cc23)c1F. The van der Waals surface area contributed by atoms with Gasteiger partial charge >= 0.3 is 6.09 Å². The first-order valence-electron chi connectivity index (χ1n) is 6.92. The number of hydrogen-bond donors (Lipinski definition) is 2. The monoisotopic (exact) mass is 409 g/mol. The fourth-order valence-electron chi connectivity index (χ4n) is 2.32. The molecule has 0 aliphatic heterocycles. The molecule has 3 rings (SSSR count). The highest BCUT2D eigenvalue weighted by molar-refractivity contribution is 9.10. The predicted molar refractivity (Wildman–Crippen MR) is 89.6 cm³/mol. The van der Waals surface area contributed by atoms with Crippen LogP contribution in [0, 0.1) is 11.6 Å². The minimum absolute atomic E-state index is 0.0526. The molecular weight excluding hydrogens is 400 g/mol. The van der Waals surface area contributed by atoms with Gasteiger partial charge in [-0.2, -0.15) is 0 Å². The molecule has 0 radical (unpaired) electrons. The number of ether oxygens (including phenoxy) is 1. The molecule has 0 saturated carbocycles. The lowest BCUT2D eigenvalue weighted by Gasteiger charge is -2.09. The molecule has 3 aromatic rings. The Morgan fingerprint density at radius 3 is 2.80 bits per heavy atom. The highest BCUT2D eigenvalue weighted by Crippen LogP contribution is 2.27. The Morgan fingerprint density at radius 1 is 1.32 bits per heavy atom. The average molecular weight is 410 g/mol. The molecular formula is C16H10BrF2N3O3. The zero-order chi connectivity index (χ0) is 18.1. The quantitative estimate of drug-likeness (QED) is 0.640. The zero-order valence-electron chi connectivity index (χ0n) is 12.7. The minimum atomic E-state index is -1.19. The molecule has 0 bridgehead atoms. The van der Waals surface area contributed by atoms with Crippen LogP contribution in [-0.4, -0.2) is 29.0 Å². The van der Waals surface area contributed by atoms with Gasteiger partial charge in [0.15, 0.2) is 5.82 Å². The van der Waals surface area contributed by atoms with Crippen LogP contribution < -0.4 is 5.32 Å². The van der Waals surface area contributed by atoms with Crippen LogP contribution in [0.1, 0.15) is 15.9 Å². The van der Waals surface area contributed by atoms with Crippen molar-refractivity contribution >= 4 is 44.5 Å². The van der Waals surface area contributed by atoms with Crippen LogP contribution in [0.5, 0.6) is 0 Å². The van der Waals surface area contributed by atoms with Crippen molar-refractivity contribution in [3.63, 3.8) is 0 Å². The van der Waals surface area contributed by atoms with Crippen molar-refractivity contribution in [2.75, 3.05) is 12.4 Å². The maximum atomic E-state index is 14.6. The molecule has 0 saturated heterocycles. The Kier molecular flexibility index (Phi) is 4.49. The van der Waals surface area contributed by atoms with Gasteiger partial charge in [-0.3, -0.25) is 10.1 Å². The van der Waals surface area contributed by atoms with Crippen LogP contribution in [-0.2, 0) is 4.74 Å². The lowest BCUT2D eigenvalue weighted by Crippen LogP contribution is -2.15. The van der Waals surface area contributed by atoms with Crippen molar-refractivity contribution in [2.24, 2.45) is 0 Å². The molecule has 25 heavy (non-hydrogen) atoms. The molecule has 2 N–H and O–H groups in total. The molecule has 0 atom stereocenters. The van der Waals surface area contributed by atoms with Crippen molar-refractivity contribution in [3.05, 3.63) is 57.8 Å². The third-order valence-corrected chi connectivity index (χ3v) is 3.92. The summed E-state index contributed by atoms with van der Waals surface area (Å²) in [7, 11) is 1.10. The number of carbonyl (C=O) groups excluding carboxylic acids is 2. The zero-order valence-corrected chi connectivity index (χ0v) is 14.3. The van der Waals surface area contributed by atoms with Crippen LogP contribution in [0.25, 0.3) is 11.0 Å². The van der Waals surface area contributed by atoms with E-state index in [0.717, 1.165) is 19.2 Å². The number of fused-ring (bicyclic) bond motifs is 1. The summed E-state index contributed by atoms with van der Waals surface area (Å²) in [6.45, 7) is 0. The van der Waals surface area contributed by atoms with E-state index in [9.17, 15) is 18.4 Å². The largest absolute Gasteiger partial charge is 0.453 e. The lowest BCUT2D eigenvalue weighted by molar-refractivity contribution is 0.103. The molecule has 6 nitrogen and oxygen atoms in total. The Morgan fingerprint density at radius 2 is 2.08 bits per heavy atom. The van der Waals surface area contributed by atoms with Crippen molar-refractivity contribution in [2.45, 2.75) is 0 Å². The maximum absolute atomic E-state index is 14.6. The van der Waals surface area contributed by atoms with E-state index in [-0.39, 0.29) is 11.3 Å². The molecule has 0 aliphatic rings. The third-order valence-electron chi connectivity index (χ3n) is 3.48. The van der Waals surface area contributed by atoms with E-state index in [1.165, 1.54) is 12.4 Å². The summed E-state index contributed by atoms with van der Waals surface area (Å²) in [6.07, 6.45) is 1.91. The van der Waals surface area contributed by atoms with E-state index < -0.39 is 29.1 Å². The maximum Gasteiger partial charge on any atom is 0.411 e. The van der Waals surface area contributed by atoms with E-state index in [2.05, 4.69) is 36.0 Å². The fraction of sp³-hybridized carbons (Fsp3) is 0.0625. The number of carbonyl (C=O) groups is 2. The van der Waals surface area contributed by atoms with Crippen molar-refractivity contribution in [1.82, 2.24) is 9.97 Å². The smallest absolute Gasteiger partial charge is 0.411 e. The highest BCUT2D eigenvalue weighted by Gasteiger charge is 2.25. The second-order valence-corrected chi connectivity index (χ2v) is 5.90. The Hall–Kier alpha value is -2.81. The number of ketones is 1. The predicted octanol–water partition coefficient (Wildman–Crippen LogP) is 4.01. The number of aromatic nitrogens is 2. The van der Waals surface area contributed by atoms with Gasteiger partial charge in [0.25, 0.3) is 0 Å². The van der Waals surface area contributed by atoms with E-state index in [4.69, 9.17) is 0 Å². The van der Waals surface area contributed by atoms with Gasteiger partial charge < -0.3 is 9.72 Å². The van der Waals surface area contributed by atoms with Crippen molar-refractivity contribution in [1.29, 1.82) is 0 Å². The number of nitrogens with zero attached hydrogens (tertiary/aromatic N) is 1. The number of rotatable bonds is 3. The Bertz CT molecular complexity index is 1000. The number of benzene rings is 1. The second-order valence-electron chi connectivity index (χ2n) is 4.98. The van der Waals surface area contributed by atoms with Crippen molar-refractivity contribution < 1.29 is 23.1 Å². The van der Waals surface area contributed by atoms with Crippen LogP contribution in [0.3, 0.4) is 0 Å². The molecule has 2 aromatic heterocycles. The molecule has 1 aromatic carbocycles. The number of aromatic amines is 1. The molecule has 128 valence electrons. The van der Waals surface area contributed by atoms with Crippen LogP contribution >= 0.6 is 15.9 Å². The van der Waals surface area contributed by atoms with Crippen LogP contribution in [0.2, 0.25) is 0 Å². The number of nitrogens with one attached hydrogen (secondary N) is 2. The number of hydrogen-bond acceptors (Lipinski definition) is 4. The topological polar surface area (TPSA) is 84.1 Å². The molecule has 9 heteroatoms. The summed E-state index contributed by atoms with van der Waals surface area (Å²) in [5, 5.41) is 2.50. The summed E-state index contributed by atoms with van der Waals surface area (Å²) in [5.41, 5.74) is -0.696. The molecule has 2 heterocycles. The van der Waals surface area contributed by atoms with Gasteiger partial charge in [-0.25, -0.2) is 18.6 Å². The van der Waals surface area contributed by atoms with Gasteiger partial charge in [0.2, 0.25) is 5.78 Å². The number of pyridine rings is 1. The molecule has 0 spiro atoms. The standard InChI is InChI=1S/C16H10BrF2N3O3/c1-25-16(24)22-11-3-2-10(18)12(13(11)19)14(23)9-6-21-15-8(9)4-7(17)5-20-15/h2-6H,1H3,(H,20,21)(H,22,24). The Labute approximate surface area is 148 Å². The van der Waals surface area contributed by atoms with Crippen molar-refractivity contribution in [3.8, 4) is 0 Å². The van der Waals surface area contributed by atoms with Crippen LogP contribution in [0.4, 0.5) is 19.3 Å². The number of methoxy groups -OCH3 is 1. The minimum Gasteiger partial charge on any atom is -0.453 e. The number of halogens is 3. The van der Waals surface area contributed by atoms with Gasteiger partial charge in [-0.05, 0) is 34.1 Å². The Balaban J connectivity index is 2.11. The van der Waals surface area contributed by atoms with E-state index >= 15 is 0 Å². The molecule has 0 unspecified atom stereocenters. The summed E-state index contributed by atoms with van der Waals surface area (Å²) >= 11 is 3.24. The van der Waals surface area contributed by atoms with E-state index in [0.29, 0.717) is 15.5 Å². The normalized spacial score (nSPS) is 10.7. The van der Waals surface area contributed by atoms with Gasteiger partial charge in [-0.1, -0.05) is 0 Å². The fourth-order valence-corrected chi connectivity index (χ4v) is 2.65. The second kappa shape index (κ2) is 6.60. The van der Waals surface area contributed by atoms with Crippen LogP contribution in [0.15, 0.2) is 35.1 Å². The van der Waals surface area contributed by atoms with E-state index in [1.807, 2.05) is 0 Å². The number of H-pyrrole nitrogens is 1. The first-order chi connectivity index (χ1) is 11.9. The number of anilines is 1. The first kappa shape index (κ1) is 17.0. The summed E-state index contributed by atoms with van der Waals surface area (Å²) in [4.78, 5) is 30.8. The van der Waals surface area contributed by atoms with Gasteiger partial charge in [0.05, 0.1) is 18.4 Å². The molecule has 1 amide bonds. The number of amides is 1. The highest BCUT2D eigenvalue weighted by atomic mass is 79.9. The summed E-state index contributed by atoms with van der Waals surface area (Å²) < 4.78 is 33.7. The summed E-state index contributed by atoms with van der Waals surface area (Å²) in [5.74, 6) is -3.11. The van der Waals surface area contributed by atoms with Gasteiger partial charge in [0.1, 0.15) is 11.5 Å². The van der Waals surface area contributed by atoms with E-state index in [1.54, 1.807) is 6.07 Å².